The number of hydrogen-bond acceptors (Lipinski definition) is 2. The van der Waals surface area contributed by atoms with Crippen molar-refractivity contribution in [3.8, 4) is 22.3 Å². The van der Waals surface area contributed by atoms with Crippen LogP contribution < -0.4 is 5.73 Å². The van der Waals surface area contributed by atoms with Crippen molar-refractivity contribution < 1.29 is 9.18 Å². The standard InChI is InChI=1S/C20H14FN3O/c21-16-6-4-12(5-7-16)18-11-24-20-17(18)9-15(10-23-20)13-2-1-3-14(8-13)19(22)25/h1-11H,(H2,22,25)(H,23,24). The van der Waals surface area contributed by atoms with E-state index in [0.29, 0.717) is 5.56 Å². The van der Waals surface area contributed by atoms with Gasteiger partial charge in [-0.05, 0) is 41.5 Å². The second-order valence-corrected chi connectivity index (χ2v) is 5.77. The zero-order valence-electron chi connectivity index (χ0n) is 13.2. The van der Waals surface area contributed by atoms with Gasteiger partial charge in [-0.25, -0.2) is 9.37 Å². The molecule has 0 bridgehead atoms. The molecule has 0 aliphatic carbocycles. The SMILES string of the molecule is NC(=O)c1cccc(-c2cnc3[nH]cc(-c4ccc(F)cc4)c3c2)c1. The van der Waals surface area contributed by atoms with E-state index in [2.05, 4.69) is 9.97 Å². The van der Waals surface area contributed by atoms with Crippen molar-refractivity contribution in [2.45, 2.75) is 0 Å². The van der Waals surface area contributed by atoms with Crippen LogP contribution in [0.4, 0.5) is 4.39 Å². The number of fused-ring (bicyclic) bond motifs is 1. The second-order valence-electron chi connectivity index (χ2n) is 5.77. The first-order chi connectivity index (χ1) is 12.1. The highest BCUT2D eigenvalue weighted by atomic mass is 19.1. The number of rotatable bonds is 3. The van der Waals surface area contributed by atoms with Crippen LogP contribution in [0.15, 0.2) is 67.0 Å². The molecule has 2 heterocycles. The van der Waals surface area contributed by atoms with Crippen molar-refractivity contribution in [2.24, 2.45) is 5.73 Å². The molecular formula is C20H14FN3O. The Balaban J connectivity index is 1.85. The highest BCUT2D eigenvalue weighted by molar-refractivity contribution is 5.97. The molecule has 2 aromatic carbocycles. The summed E-state index contributed by atoms with van der Waals surface area (Å²) in [5, 5.41) is 0.925. The van der Waals surface area contributed by atoms with Crippen LogP contribution in [-0.4, -0.2) is 15.9 Å². The van der Waals surface area contributed by atoms with Gasteiger partial charge in [0.1, 0.15) is 11.5 Å². The Morgan fingerprint density at radius 2 is 1.80 bits per heavy atom. The Morgan fingerprint density at radius 1 is 1.00 bits per heavy atom. The molecule has 4 nitrogen and oxygen atoms in total. The number of hydrogen-bond donors (Lipinski definition) is 2. The summed E-state index contributed by atoms with van der Waals surface area (Å²) < 4.78 is 13.2. The van der Waals surface area contributed by atoms with Crippen LogP contribution in [0.2, 0.25) is 0 Å². The Kier molecular flexibility index (Phi) is 3.54. The van der Waals surface area contributed by atoms with E-state index in [1.165, 1.54) is 12.1 Å². The first kappa shape index (κ1) is 15.1. The topological polar surface area (TPSA) is 71.8 Å². The Labute approximate surface area is 143 Å². The number of carbonyl (C=O) groups excluding carboxylic acids is 1. The fraction of sp³-hybridized carbons (Fsp3) is 0. The van der Waals surface area contributed by atoms with Gasteiger partial charge < -0.3 is 10.7 Å². The number of aromatic amines is 1. The summed E-state index contributed by atoms with van der Waals surface area (Å²) in [6.45, 7) is 0. The summed E-state index contributed by atoms with van der Waals surface area (Å²) in [5.74, 6) is -0.741. The van der Waals surface area contributed by atoms with E-state index in [4.69, 9.17) is 5.73 Å². The Morgan fingerprint density at radius 3 is 2.56 bits per heavy atom. The lowest BCUT2D eigenvalue weighted by molar-refractivity contribution is 0.100. The molecule has 0 fully saturated rings. The maximum absolute atomic E-state index is 13.2. The number of nitrogens with two attached hydrogens (primary N) is 1. The normalized spacial score (nSPS) is 10.9. The van der Waals surface area contributed by atoms with Gasteiger partial charge in [-0.3, -0.25) is 4.79 Å². The largest absolute Gasteiger partial charge is 0.366 e. The Hall–Kier alpha value is -3.47. The van der Waals surface area contributed by atoms with Crippen LogP contribution >= 0.6 is 0 Å². The van der Waals surface area contributed by atoms with Crippen molar-refractivity contribution in [3.63, 3.8) is 0 Å². The predicted molar refractivity (Wildman–Crippen MR) is 95.4 cm³/mol. The van der Waals surface area contributed by atoms with Gasteiger partial charge in [0.15, 0.2) is 0 Å². The highest BCUT2D eigenvalue weighted by Gasteiger charge is 2.10. The molecular weight excluding hydrogens is 317 g/mol. The average Bonchev–Trinajstić information content (AvgIpc) is 3.05. The molecule has 5 heteroatoms. The van der Waals surface area contributed by atoms with Crippen molar-refractivity contribution in [1.82, 2.24) is 9.97 Å². The zero-order chi connectivity index (χ0) is 17.4. The molecule has 0 aliphatic rings. The van der Waals surface area contributed by atoms with Crippen LogP contribution in [0.3, 0.4) is 0 Å². The smallest absolute Gasteiger partial charge is 0.248 e. The number of nitrogens with one attached hydrogen (secondary N) is 1. The van der Waals surface area contributed by atoms with Crippen LogP contribution in [0.1, 0.15) is 10.4 Å². The van der Waals surface area contributed by atoms with Gasteiger partial charge in [0.2, 0.25) is 5.91 Å². The molecule has 0 saturated heterocycles. The third kappa shape index (κ3) is 2.76. The minimum atomic E-state index is -0.468. The monoisotopic (exact) mass is 331 g/mol. The van der Waals surface area contributed by atoms with E-state index in [9.17, 15) is 9.18 Å². The molecule has 122 valence electrons. The molecule has 0 radical (unpaired) electrons. The molecule has 3 N–H and O–H groups in total. The number of H-pyrrole nitrogens is 1. The first-order valence-electron chi connectivity index (χ1n) is 7.75. The zero-order valence-corrected chi connectivity index (χ0v) is 13.2. The van der Waals surface area contributed by atoms with Gasteiger partial charge >= 0.3 is 0 Å². The van der Waals surface area contributed by atoms with Gasteiger partial charge in [-0.2, -0.15) is 0 Å². The maximum Gasteiger partial charge on any atom is 0.248 e. The summed E-state index contributed by atoms with van der Waals surface area (Å²) in [6, 6.07) is 15.4. The summed E-state index contributed by atoms with van der Waals surface area (Å²) in [6.07, 6.45) is 3.60. The van der Waals surface area contributed by atoms with Crippen molar-refractivity contribution in [3.05, 3.63) is 78.4 Å². The number of pyridine rings is 1. The molecule has 4 rings (SSSR count). The minimum Gasteiger partial charge on any atom is -0.366 e. The third-order valence-electron chi connectivity index (χ3n) is 4.17. The first-order valence-corrected chi connectivity index (χ1v) is 7.75. The number of primary amides is 1. The summed E-state index contributed by atoms with van der Waals surface area (Å²) in [5.41, 5.74) is 10.1. The van der Waals surface area contributed by atoms with Crippen LogP contribution in [0, 0.1) is 5.82 Å². The lowest BCUT2D eigenvalue weighted by Gasteiger charge is -2.05. The summed E-state index contributed by atoms with van der Waals surface area (Å²) in [7, 11) is 0. The molecule has 0 aliphatic heterocycles. The predicted octanol–water partition coefficient (Wildman–Crippen LogP) is 4.13. The number of halogens is 1. The second kappa shape index (κ2) is 5.87. The van der Waals surface area contributed by atoms with E-state index < -0.39 is 5.91 Å². The lowest BCUT2D eigenvalue weighted by Crippen LogP contribution is -2.10. The molecule has 4 aromatic rings. The Bertz CT molecular complexity index is 1080. The highest BCUT2D eigenvalue weighted by Crippen LogP contribution is 2.31. The van der Waals surface area contributed by atoms with E-state index in [1.54, 1.807) is 36.5 Å². The molecule has 0 atom stereocenters. The quantitative estimate of drug-likeness (QED) is 0.592. The van der Waals surface area contributed by atoms with Crippen LogP contribution in [-0.2, 0) is 0 Å². The van der Waals surface area contributed by atoms with Gasteiger partial charge in [-0.1, -0.05) is 24.3 Å². The van der Waals surface area contributed by atoms with E-state index >= 15 is 0 Å². The number of carbonyl (C=O) groups is 1. The molecule has 1 amide bonds. The lowest BCUT2D eigenvalue weighted by atomic mass is 10.0. The van der Waals surface area contributed by atoms with E-state index in [-0.39, 0.29) is 5.82 Å². The van der Waals surface area contributed by atoms with Crippen LogP contribution in [0.25, 0.3) is 33.3 Å². The molecule has 2 aromatic heterocycles. The molecule has 0 spiro atoms. The van der Waals surface area contributed by atoms with Gasteiger partial charge in [0.05, 0.1) is 0 Å². The number of benzene rings is 2. The number of nitrogens with zero attached hydrogens (tertiary/aromatic N) is 1. The summed E-state index contributed by atoms with van der Waals surface area (Å²) in [4.78, 5) is 19.0. The fourth-order valence-electron chi connectivity index (χ4n) is 2.88. The number of aromatic nitrogens is 2. The van der Waals surface area contributed by atoms with E-state index in [1.807, 2.05) is 18.3 Å². The maximum atomic E-state index is 13.2. The van der Waals surface area contributed by atoms with Crippen LogP contribution in [0.5, 0.6) is 0 Å². The van der Waals surface area contributed by atoms with Gasteiger partial charge in [-0.15, -0.1) is 0 Å². The molecule has 25 heavy (non-hydrogen) atoms. The molecule has 0 unspecified atom stereocenters. The van der Waals surface area contributed by atoms with Crippen molar-refractivity contribution >= 4 is 16.9 Å². The fourth-order valence-corrected chi connectivity index (χ4v) is 2.88. The minimum absolute atomic E-state index is 0.273. The number of amides is 1. The van der Waals surface area contributed by atoms with Gasteiger partial charge in [0.25, 0.3) is 0 Å². The van der Waals surface area contributed by atoms with Crippen molar-refractivity contribution in [1.29, 1.82) is 0 Å². The third-order valence-corrected chi connectivity index (χ3v) is 4.17. The average molecular weight is 331 g/mol. The van der Waals surface area contributed by atoms with Gasteiger partial charge in [0, 0.05) is 34.5 Å². The van der Waals surface area contributed by atoms with E-state index in [0.717, 1.165) is 33.3 Å². The summed E-state index contributed by atoms with van der Waals surface area (Å²) >= 11 is 0. The molecule has 0 saturated carbocycles. The van der Waals surface area contributed by atoms with Crippen molar-refractivity contribution in [2.75, 3.05) is 0 Å².